The molecule has 6 nitrogen and oxygen atoms in total. The number of benzene rings is 1. The van der Waals surface area contributed by atoms with E-state index < -0.39 is 27.3 Å². The highest BCUT2D eigenvalue weighted by Gasteiger charge is 2.21. The van der Waals surface area contributed by atoms with Crippen molar-refractivity contribution in [1.29, 1.82) is 0 Å². The highest BCUT2D eigenvalue weighted by atomic mass is 32.2. The molecule has 0 fully saturated rings. The van der Waals surface area contributed by atoms with E-state index in [1.165, 1.54) is 6.92 Å². The quantitative estimate of drug-likeness (QED) is 0.657. The number of nitrogens with one attached hydrogen (secondary N) is 1. The lowest BCUT2D eigenvalue weighted by molar-refractivity contribution is 0.0693. The lowest BCUT2D eigenvalue weighted by atomic mass is 10.1. The number of hydrogen-bond donors (Lipinski definition) is 3. The van der Waals surface area contributed by atoms with Crippen LogP contribution in [0.1, 0.15) is 22.3 Å². The summed E-state index contributed by atoms with van der Waals surface area (Å²) in [6.45, 7) is 1.79. The lowest BCUT2D eigenvalue weighted by Crippen LogP contribution is -2.26. The fourth-order valence-electron chi connectivity index (χ4n) is 1.63. The van der Waals surface area contributed by atoms with E-state index in [1.807, 2.05) is 6.26 Å². The molecule has 0 saturated heterocycles. The summed E-state index contributed by atoms with van der Waals surface area (Å²) >= 11 is 1.61. The maximum absolute atomic E-state index is 12.1. The van der Waals surface area contributed by atoms with Crippen molar-refractivity contribution >= 4 is 27.8 Å². The molecule has 112 valence electrons. The second-order valence-electron chi connectivity index (χ2n) is 4.18. The number of aromatic hydroxyl groups is 1. The van der Waals surface area contributed by atoms with Gasteiger partial charge < -0.3 is 10.2 Å². The van der Waals surface area contributed by atoms with Gasteiger partial charge >= 0.3 is 5.97 Å². The van der Waals surface area contributed by atoms with Gasteiger partial charge in [-0.2, -0.15) is 11.8 Å². The fraction of sp³-hybridized carbons (Fsp3) is 0.417. The zero-order valence-electron chi connectivity index (χ0n) is 11.2. The van der Waals surface area contributed by atoms with Crippen molar-refractivity contribution in [3.63, 3.8) is 0 Å². The molecule has 3 N–H and O–H groups in total. The molecular formula is C12H17NO5S2. The van der Waals surface area contributed by atoms with Gasteiger partial charge in [0, 0.05) is 6.54 Å². The summed E-state index contributed by atoms with van der Waals surface area (Å²) in [4.78, 5) is 10.8. The SMILES string of the molecule is CSCCCNS(=O)(=O)c1cc(C(=O)O)c(O)cc1C. The Morgan fingerprint density at radius 1 is 1.40 bits per heavy atom. The molecule has 0 bridgehead atoms. The molecule has 1 aromatic carbocycles. The molecule has 8 heteroatoms. The normalized spacial score (nSPS) is 11.5. The highest BCUT2D eigenvalue weighted by molar-refractivity contribution is 7.98. The van der Waals surface area contributed by atoms with Gasteiger partial charge in [0.25, 0.3) is 0 Å². The number of carboxylic acid groups (broad SMARTS) is 1. The molecule has 0 atom stereocenters. The summed E-state index contributed by atoms with van der Waals surface area (Å²) in [6, 6.07) is 2.11. The number of carbonyl (C=O) groups is 1. The van der Waals surface area contributed by atoms with Crippen molar-refractivity contribution in [2.45, 2.75) is 18.2 Å². The van der Waals surface area contributed by atoms with Crippen molar-refractivity contribution in [3.05, 3.63) is 23.3 Å². The molecule has 1 rings (SSSR count). The van der Waals surface area contributed by atoms with Crippen LogP contribution < -0.4 is 4.72 Å². The zero-order valence-corrected chi connectivity index (χ0v) is 12.8. The summed E-state index contributed by atoms with van der Waals surface area (Å²) in [7, 11) is -3.78. The van der Waals surface area contributed by atoms with Crippen molar-refractivity contribution in [2.24, 2.45) is 0 Å². The minimum absolute atomic E-state index is 0.128. The van der Waals surface area contributed by atoms with Gasteiger partial charge in [-0.3, -0.25) is 0 Å². The van der Waals surface area contributed by atoms with E-state index in [1.54, 1.807) is 11.8 Å². The summed E-state index contributed by atoms with van der Waals surface area (Å²) in [6.07, 6.45) is 2.61. The summed E-state index contributed by atoms with van der Waals surface area (Å²) in [5.74, 6) is -0.991. The number of aromatic carboxylic acids is 1. The largest absolute Gasteiger partial charge is 0.507 e. The third-order valence-corrected chi connectivity index (χ3v) is 4.93. The van der Waals surface area contributed by atoms with Gasteiger partial charge in [-0.05, 0) is 43.0 Å². The predicted octanol–water partition coefficient (Wildman–Crippen LogP) is 1.43. The fourth-order valence-corrected chi connectivity index (χ4v) is 3.39. The molecule has 0 aliphatic rings. The average molecular weight is 319 g/mol. The van der Waals surface area contributed by atoms with E-state index in [9.17, 15) is 18.3 Å². The van der Waals surface area contributed by atoms with Crippen molar-refractivity contribution in [2.75, 3.05) is 18.6 Å². The van der Waals surface area contributed by atoms with Crippen LogP contribution in [0.5, 0.6) is 5.75 Å². The summed E-state index contributed by atoms with van der Waals surface area (Å²) in [5, 5.41) is 18.4. The third kappa shape index (κ3) is 4.12. The molecule has 20 heavy (non-hydrogen) atoms. The summed E-state index contributed by atoms with van der Waals surface area (Å²) < 4.78 is 26.6. The van der Waals surface area contributed by atoms with E-state index in [0.29, 0.717) is 12.0 Å². The van der Waals surface area contributed by atoms with E-state index in [4.69, 9.17) is 5.11 Å². The zero-order chi connectivity index (χ0) is 15.3. The Bertz CT molecular complexity index is 598. The maximum Gasteiger partial charge on any atom is 0.339 e. The Morgan fingerprint density at radius 3 is 2.60 bits per heavy atom. The Labute approximate surface area is 122 Å². The molecule has 0 unspecified atom stereocenters. The average Bonchev–Trinajstić information content (AvgIpc) is 2.33. The number of sulfonamides is 1. The van der Waals surface area contributed by atoms with Crippen LogP contribution in [0.2, 0.25) is 0 Å². The maximum atomic E-state index is 12.1. The van der Waals surface area contributed by atoms with Gasteiger partial charge in [-0.1, -0.05) is 0 Å². The first-order valence-corrected chi connectivity index (χ1v) is 8.73. The van der Waals surface area contributed by atoms with Gasteiger partial charge in [0.15, 0.2) is 0 Å². The molecule has 0 amide bonds. The van der Waals surface area contributed by atoms with E-state index in [-0.39, 0.29) is 11.4 Å². The third-order valence-electron chi connectivity index (χ3n) is 2.63. The number of phenols is 1. The monoisotopic (exact) mass is 319 g/mol. The van der Waals surface area contributed by atoms with Crippen LogP contribution in [0, 0.1) is 6.92 Å². The first-order chi connectivity index (χ1) is 9.29. The van der Waals surface area contributed by atoms with E-state index >= 15 is 0 Å². The number of thioether (sulfide) groups is 1. The van der Waals surface area contributed by atoms with Crippen LogP contribution >= 0.6 is 11.8 Å². The van der Waals surface area contributed by atoms with Crippen LogP contribution in [0.3, 0.4) is 0 Å². The van der Waals surface area contributed by atoms with Crippen molar-refractivity contribution in [1.82, 2.24) is 4.72 Å². The first kappa shape index (κ1) is 16.8. The van der Waals surface area contributed by atoms with Crippen LogP contribution in [0.15, 0.2) is 17.0 Å². The van der Waals surface area contributed by atoms with E-state index in [2.05, 4.69) is 4.72 Å². The molecule has 0 aliphatic heterocycles. The molecule has 0 heterocycles. The van der Waals surface area contributed by atoms with E-state index in [0.717, 1.165) is 17.9 Å². The molecule has 0 radical (unpaired) electrons. The molecule has 0 aliphatic carbocycles. The first-order valence-electron chi connectivity index (χ1n) is 5.85. The second-order valence-corrected chi connectivity index (χ2v) is 6.91. The van der Waals surface area contributed by atoms with Crippen LogP contribution in [-0.2, 0) is 10.0 Å². The second kappa shape index (κ2) is 6.96. The van der Waals surface area contributed by atoms with Gasteiger partial charge in [0.05, 0.1) is 4.90 Å². The van der Waals surface area contributed by atoms with Crippen molar-refractivity contribution < 1.29 is 23.4 Å². The van der Waals surface area contributed by atoms with Gasteiger partial charge in [0.1, 0.15) is 11.3 Å². The molecule has 0 spiro atoms. The molecule has 1 aromatic rings. The number of hydrogen-bond acceptors (Lipinski definition) is 5. The topological polar surface area (TPSA) is 104 Å². The Morgan fingerprint density at radius 2 is 2.05 bits per heavy atom. The van der Waals surface area contributed by atoms with Crippen LogP contribution in [0.25, 0.3) is 0 Å². The number of carboxylic acids is 1. The Kier molecular flexibility index (Phi) is 5.85. The minimum atomic E-state index is -3.78. The van der Waals surface area contributed by atoms with Crippen molar-refractivity contribution in [3.8, 4) is 5.75 Å². The highest BCUT2D eigenvalue weighted by Crippen LogP contribution is 2.25. The van der Waals surface area contributed by atoms with Gasteiger partial charge in [-0.15, -0.1) is 0 Å². The van der Waals surface area contributed by atoms with Crippen LogP contribution in [0.4, 0.5) is 0 Å². The summed E-state index contributed by atoms with van der Waals surface area (Å²) in [5.41, 5.74) is -0.134. The predicted molar refractivity (Wildman–Crippen MR) is 78.0 cm³/mol. The number of rotatable bonds is 7. The molecule has 0 aromatic heterocycles. The van der Waals surface area contributed by atoms with Crippen LogP contribution in [-0.4, -0.2) is 43.2 Å². The Balaban J connectivity index is 3.05. The standard InChI is InChI=1S/C12H17NO5S2/c1-8-6-10(14)9(12(15)16)7-11(8)20(17,18)13-4-3-5-19-2/h6-7,13-14H,3-5H2,1-2H3,(H,15,16). The lowest BCUT2D eigenvalue weighted by Gasteiger charge is -2.11. The molecule has 0 saturated carbocycles. The van der Waals surface area contributed by atoms with Gasteiger partial charge in [-0.25, -0.2) is 17.9 Å². The van der Waals surface area contributed by atoms with Gasteiger partial charge in [0.2, 0.25) is 10.0 Å². The smallest absolute Gasteiger partial charge is 0.339 e. The number of aryl methyl sites for hydroxylation is 1. The minimum Gasteiger partial charge on any atom is -0.507 e. The Hall–Kier alpha value is -1.25. The molecular weight excluding hydrogens is 302 g/mol.